The van der Waals surface area contributed by atoms with Crippen LogP contribution in [0.1, 0.15) is 18.5 Å². The summed E-state index contributed by atoms with van der Waals surface area (Å²) in [6.45, 7) is 1.97. The number of benzene rings is 1. The minimum Gasteiger partial charge on any atom is -0.324 e. The van der Waals surface area contributed by atoms with Gasteiger partial charge in [0, 0.05) is 15.0 Å². The molecule has 1 rings (SSSR count). The van der Waals surface area contributed by atoms with Crippen molar-refractivity contribution in [3.63, 3.8) is 0 Å². The van der Waals surface area contributed by atoms with Crippen LogP contribution >= 0.6 is 44.3 Å². The largest absolute Gasteiger partial charge is 0.324 e. The van der Waals surface area contributed by atoms with Gasteiger partial charge in [-0.25, -0.2) is 0 Å². The number of hydrogen-bond donors (Lipinski definition) is 1. The lowest BCUT2D eigenvalue weighted by Gasteiger charge is -2.06. The van der Waals surface area contributed by atoms with Crippen LogP contribution in [0.15, 0.2) is 27.1 Å². The van der Waals surface area contributed by atoms with E-state index in [9.17, 15) is 0 Å². The second-order valence-corrected chi connectivity index (χ2v) is 4.32. The normalized spacial score (nSPS) is 12.0. The van der Waals surface area contributed by atoms with Crippen LogP contribution in [0.5, 0.6) is 0 Å². The van der Waals surface area contributed by atoms with E-state index in [4.69, 9.17) is 5.73 Å². The Morgan fingerprint density at radius 1 is 1.17 bits per heavy atom. The highest BCUT2D eigenvalue weighted by Gasteiger charge is 2.00. The summed E-state index contributed by atoms with van der Waals surface area (Å²) in [5, 5.41) is 0. The fourth-order valence-corrected chi connectivity index (χ4v) is 2.17. The maximum atomic E-state index is 5.71. The average Bonchev–Trinajstić information content (AvgIpc) is 1.85. The van der Waals surface area contributed by atoms with E-state index >= 15 is 0 Å². The molecule has 2 N–H and O–H groups in total. The van der Waals surface area contributed by atoms with Crippen LogP contribution in [-0.4, -0.2) is 0 Å². The van der Waals surface area contributed by atoms with Gasteiger partial charge in [-0.3, -0.25) is 0 Å². The summed E-state index contributed by atoms with van der Waals surface area (Å²) in [4.78, 5) is 0. The number of halogens is 3. The molecule has 68 valence electrons. The highest BCUT2D eigenvalue weighted by molar-refractivity contribution is 9.11. The van der Waals surface area contributed by atoms with E-state index in [1.54, 1.807) is 0 Å². The zero-order valence-electron chi connectivity index (χ0n) is 6.55. The molecule has 0 amide bonds. The summed E-state index contributed by atoms with van der Waals surface area (Å²) in [5.74, 6) is 0. The van der Waals surface area contributed by atoms with Crippen molar-refractivity contribution in [1.82, 2.24) is 0 Å². The third kappa shape index (κ3) is 3.44. The molecule has 1 aromatic rings. The van der Waals surface area contributed by atoms with Gasteiger partial charge in [0.1, 0.15) is 0 Å². The topological polar surface area (TPSA) is 26.0 Å². The Kier molecular flexibility index (Phi) is 5.41. The highest BCUT2D eigenvalue weighted by atomic mass is 79.9. The molecule has 0 bridgehead atoms. The predicted molar refractivity (Wildman–Crippen MR) is 61.7 cm³/mol. The summed E-state index contributed by atoms with van der Waals surface area (Å²) >= 11 is 6.79. The molecule has 0 unspecified atom stereocenters. The summed E-state index contributed by atoms with van der Waals surface area (Å²) in [6, 6.07) is 6.13. The smallest absolute Gasteiger partial charge is 0.0266 e. The van der Waals surface area contributed by atoms with Gasteiger partial charge in [-0.1, -0.05) is 31.9 Å². The molecule has 0 radical (unpaired) electrons. The lowest BCUT2D eigenvalue weighted by Crippen LogP contribution is -2.04. The maximum Gasteiger partial charge on any atom is 0.0266 e. The van der Waals surface area contributed by atoms with E-state index in [1.807, 2.05) is 25.1 Å². The van der Waals surface area contributed by atoms with Gasteiger partial charge in [0.25, 0.3) is 0 Å². The average molecular weight is 315 g/mol. The Balaban J connectivity index is 0.00000121. The molecule has 0 aliphatic heterocycles. The van der Waals surface area contributed by atoms with Crippen LogP contribution in [0.3, 0.4) is 0 Å². The number of hydrogen-bond acceptors (Lipinski definition) is 1. The number of rotatable bonds is 1. The first-order valence-electron chi connectivity index (χ1n) is 3.31. The quantitative estimate of drug-likeness (QED) is 0.841. The van der Waals surface area contributed by atoms with Crippen molar-refractivity contribution in [3.8, 4) is 0 Å². The molecule has 0 aliphatic rings. The molecular weight excluding hydrogens is 305 g/mol. The molecule has 1 nitrogen and oxygen atoms in total. The van der Waals surface area contributed by atoms with Crippen LogP contribution in [0.4, 0.5) is 0 Å². The van der Waals surface area contributed by atoms with E-state index in [2.05, 4.69) is 31.9 Å². The van der Waals surface area contributed by atoms with Crippen molar-refractivity contribution in [2.75, 3.05) is 0 Å². The molecule has 0 aliphatic carbocycles. The Hall–Kier alpha value is 0.430. The fraction of sp³-hybridized carbons (Fsp3) is 0.250. The van der Waals surface area contributed by atoms with Crippen LogP contribution in [0, 0.1) is 0 Å². The zero-order chi connectivity index (χ0) is 8.43. The maximum absolute atomic E-state index is 5.71. The molecule has 0 heterocycles. The van der Waals surface area contributed by atoms with Gasteiger partial charge in [-0.05, 0) is 30.7 Å². The molecule has 0 fully saturated rings. The van der Waals surface area contributed by atoms with Gasteiger partial charge in [0.15, 0.2) is 0 Å². The summed E-state index contributed by atoms with van der Waals surface area (Å²) in [5.41, 5.74) is 6.84. The molecule has 0 saturated heterocycles. The minimum atomic E-state index is 0. The Morgan fingerprint density at radius 2 is 1.58 bits per heavy atom. The van der Waals surface area contributed by atoms with Gasteiger partial charge in [-0.15, -0.1) is 12.4 Å². The molecule has 1 atom stereocenters. The Bertz CT molecular complexity index is 243. The van der Waals surface area contributed by atoms with E-state index in [0.29, 0.717) is 0 Å². The lowest BCUT2D eigenvalue weighted by atomic mass is 10.1. The zero-order valence-corrected chi connectivity index (χ0v) is 10.5. The van der Waals surface area contributed by atoms with E-state index in [1.165, 1.54) is 0 Å². The predicted octanol–water partition coefficient (Wildman–Crippen LogP) is 3.65. The fourth-order valence-electron chi connectivity index (χ4n) is 0.838. The molecule has 12 heavy (non-hydrogen) atoms. The van der Waals surface area contributed by atoms with Gasteiger partial charge >= 0.3 is 0 Å². The Labute approximate surface area is 95.4 Å². The first-order chi connectivity index (χ1) is 5.09. The monoisotopic (exact) mass is 313 g/mol. The lowest BCUT2D eigenvalue weighted by molar-refractivity contribution is 0.816. The highest BCUT2D eigenvalue weighted by Crippen LogP contribution is 2.22. The molecule has 0 saturated carbocycles. The van der Waals surface area contributed by atoms with E-state index in [0.717, 1.165) is 14.5 Å². The van der Waals surface area contributed by atoms with Gasteiger partial charge in [0.2, 0.25) is 0 Å². The SMILES string of the molecule is C[C@H](N)c1cc(Br)cc(Br)c1.Cl. The molecule has 0 aromatic heterocycles. The first kappa shape index (κ1) is 12.4. The summed E-state index contributed by atoms with van der Waals surface area (Å²) in [7, 11) is 0. The van der Waals surface area contributed by atoms with Gasteiger partial charge < -0.3 is 5.73 Å². The van der Waals surface area contributed by atoms with Crippen LogP contribution < -0.4 is 5.73 Å². The standard InChI is InChI=1S/C8H9Br2N.ClH/c1-5(11)6-2-7(9)4-8(10)3-6;/h2-5H,11H2,1H3;1H/t5-;/m0./s1. The summed E-state index contributed by atoms with van der Waals surface area (Å²) in [6.07, 6.45) is 0. The van der Waals surface area contributed by atoms with Crippen molar-refractivity contribution in [2.24, 2.45) is 5.73 Å². The van der Waals surface area contributed by atoms with Gasteiger partial charge in [-0.2, -0.15) is 0 Å². The minimum absolute atomic E-state index is 0. The molecule has 4 heteroatoms. The Morgan fingerprint density at radius 3 is 1.92 bits per heavy atom. The van der Waals surface area contributed by atoms with Crippen LogP contribution in [-0.2, 0) is 0 Å². The third-order valence-corrected chi connectivity index (χ3v) is 2.33. The second-order valence-electron chi connectivity index (χ2n) is 2.49. The molecule has 0 spiro atoms. The van der Waals surface area contributed by atoms with Crippen molar-refractivity contribution in [2.45, 2.75) is 13.0 Å². The van der Waals surface area contributed by atoms with Crippen molar-refractivity contribution in [3.05, 3.63) is 32.7 Å². The van der Waals surface area contributed by atoms with Gasteiger partial charge in [0.05, 0.1) is 0 Å². The van der Waals surface area contributed by atoms with Crippen molar-refractivity contribution >= 4 is 44.3 Å². The molecule has 1 aromatic carbocycles. The van der Waals surface area contributed by atoms with E-state index < -0.39 is 0 Å². The first-order valence-corrected chi connectivity index (χ1v) is 4.90. The third-order valence-electron chi connectivity index (χ3n) is 1.41. The molecular formula is C8H10Br2ClN. The van der Waals surface area contributed by atoms with Crippen molar-refractivity contribution < 1.29 is 0 Å². The number of nitrogens with two attached hydrogens (primary N) is 1. The second kappa shape index (κ2) is 5.22. The van der Waals surface area contributed by atoms with Crippen LogP contribution in [0.2, 0.25) is 0 Å². The van der Waals surface area contributed by atoms with E-state index in [-0.39, 0.29) is 18.4 Å². The van der Waals surface area contributed by atoms with Crippen molar-refractivity contribution in [1.29, 1.82) is 0 Å². The summed E-state index contributed by atoms with van der Waals surface area (Å²) < 4.78 is 2.11. The van der Waals surface area contributed by atoms with Crippen LogP contribution in [0.25, 0.3) is 0 Å².